The van der Waals surface area contributed by atoms with Crippen LogP contribution in [0.25, 0.3) is 21.5 Å². The highest BCUT2D eigenvalue weighted by Gasteiger charge is 2.19. The molecule has 1 N–H and O–H groups in total. The summed E-state index contributed by atoms with van der Waals surface area (Å²) in [6.07, 6.45) is 3.87. The van der Waals surface area contributed by atoms with E-state index in [4.69, 9.17) is 4.74 Å². The second kappa shape index (κ2) is 7.58. The van der Waals surface area contributed by atoms with Crippen molar-refractivity contribution in [1.82, 2.24) is 19.9 Å². The molecule has 0 atom stereocenters. The number of thiazole rings is 1. The molecule has 1 aliphatic rings. The van der Waals surface area contributed by atoms with Gasteiger partial charge in [0.05, 0.1) is 15.9 Å². The quantitative estimate of drug-likeness (QED) is 0.745. The summed E-state index contributed by atoms with van der Waals surface area (Å²) in [6, 6.07) is 8.23. The van der Waals surface area contributed by atoms with Gasteiger partial charge in [0.2, 0.25) is 5.91 Å². The lowest BCUT2D eigenvalue weighted by atomic mass is 10.1. The summed E-state index contributed by atoms with van der Waals surface area (Å²) >= 11 is 1.44. The highest BCUT2D eigenvalue weighted by molar-refractivity contribution is 7.22. The van der Waals surface area contributed by atoms with Gasteiger partial charge in [-0.15, -0.1) is 0 Å². The van der Waals surface area contributed by atoms with Crippen LogP contribution in [0.1, 0.15) is 19.8 Å². The summed E-state index contributed by atoms with van der Waals surface area (Å²) in [7, 11) is 2.13. The number of carbonyl (C=O) groups is 1. The second-order valence-corrected chi connectivity index (χ2v) is 7.76. The van der Waals surface area contributed by atoms with Crippen molar-refractivity contribution in [3.8, 4) is 17.3 Å². The average Bonchev–Trinajstić information content (AvgIpc) is 3.04. The van der Waals surface area contributed by atoms with E-state index < -0.39 is 0 Å². The van der Waals surface area contributed by atoms with E-state index in [0.29, 0.717) is 11.1 Å². The van der Waals surface area contributed by atoms with Crippen LogP contribution in [-0.2, 0) is 4.79 Å². The Bertz CT molecular complexity index is 966. The van der Waals surface area contributed by atoms with Crippen LogP contribution in [0.4, 0.5) is 5.13 Å². The standard InChI is InChI=1S/C19H21N5O2S/c1-12(25)21-19-23-16-4-3-13(11-17(16)27-19)15-5-8-20-18(22-15)26-14-6-9-24(2)10-7-14/h3-5,8,11,14H,6-7,9-10H2,1-2H3,(H,21,23,25). The fourth-order valence-corrected chi connectivity index (χ4v) is 4.05. The monoisotopic (exact) mass is 383 g/mol. The van der Waals surface area contributed by atoms with E-state index in [-0.39, 0.29) is 12.0 Å². The molecule has 1 fully saturated rings. The Balaban J connectivity index is 1.55. The van der Waals surface area contributed by atoms with E-state index in [1.54, 1.807) is 6.20 Å². The Hall–Kier alpha value is -2.58. The fraction of sp³-hybridized carbons (Fsp3) is 0.368. The van der Waals surface area contributed by atoms with Gasteiger partial charge in [0, 0.05) is 31.8 Å². The van der Waals surface area contributed by atoms with Crippen LogP contribution < -0.4 is 10.1 Å². The number of nitrogens with one attached hydrogen (secondary N) is 1. The number of rotatable bonds is 4. The summed E-state index contributed by atoms with van der Waals surface area (Å²) in [5.74, 6) is -0.124. The van der Waals surface area contributed by atoms with Gasteiger partial charge in [0.15, 0.2) is 5.13 Å². The molecule has 0 aliphatic carbocycles. The van der Waals surface area contributed by atoms with E-state index in [1.165, 1.54) is 18.3 Å². The molecule has 0 saturated carbocycles. The molecular formula is C19H21N5O2S. The zero-order valence-corrected chi connectivity index (χ0v) is 16.1. The van der Waals surface area contributed by atoms with E-state index in [2.05, 4.69) is 32.2 Å². The van der Waals surface area contributed by atoms with Gasteiger partial charge in [-0.05, 0) is 38.1 Å². The summed E-state index contributed by atoms with van der Waals surface area (Å²) in [4.78, 5) is 26.8. The van der Waals surface area contributed by atoms with E-state index >= 15 is 0 Å². The molecule has 0 radical (unpaired) electrons. The maximum Gasteiger partial charge on any atom is 0.317 e. The topological polar surface area (TPSA) is 80.2 Å². The van der Waals surface area contributed by atoms with Crippen molar-refractivity contribution in [2.24, 2.45) is 0 Å². The lowest BCUT2D eigenvalue weighted by Gasteiger charge is -2.28. The number of carbonyl (C=O) groups excluding carboxylic acids is 1. The summed E-state index contributed by atoms with van der Waals surface area (Å²) in [6.45, 7) is 3.54. The van der Waals surface area contributed by atoms with Crippen LogP contribution in [0.3, 0.4) is 0 Å². The molecule has 1 aliphatic heterocycles. The minimum absolute atomic E-state index is 0.124. The molecule has 0 unspecified atom stereocenters. The van der Waals surface area contributed by atoms with Crippen molar-refractivity contribution in [2.75, 3.05) is 25.5 Å². The van der Waals surface area contributed by atoms with Crippen molar-refractivity contribution in [3.05, 3.63) is 30.5 Å². The van der Waals surface area contributed by atoms with Crippen LogP contribution in [0.15, 0.2) is 30.5 Å². The van der Waals surface area contributed by atoms with Gasteiger partial charge in [0.1, 0.15) is 6.10 Å². The summed E-state index contributed by atoms with van der Waals surface area (Å²) < 4.78 is 6.99. The minimum Gasteiger partial charge on any atom is -0.460 e. The summed E-state index contributed by atoms with van der Waals surface area (Å²) in [5.41, 5.74) is 2.63. The van der Waals surface area contributed by atoms with Crippen LogP contribution in [0, 0.1) is 0 Å². The largest absolute Gasteiger partial charge is 0.460 e. The van der Waals surface area contributed by atoms with Crippen molar-refractivity contribution >= 4 is 32.6 Å². The molecular weight excluding hydrogens is 362 g/mol. The first-order valence-electron chi connectivity index (χ1n) is 8.93. The molecule has 3 heterocycles. The molecule has 0 spiro atoms. The molecule has 0 bridgehead atoms. The highest BCUT2D eigenvalue weighted by Crippen LogP contribution is 2.30. The van der Waals surface area contributed by atoms with E-state index in [0.717, 1.165) is 47.4 Å². The predicted octanol–water partition coefficient (Wildman–Crippen LogP) is 3.18. The van der Waals surface area contributed by atoms with Gasteiger partial charge in [-0.3, -0.25) is 4.79 Å². The van der Waals surface area contributed by atoms with Crippen LogP contribution in [0.5, 0.6) is 6.01 Å². The van der Waals surface area contributed by atoms with Gasteiger partial charge in [-0.1, -0.05) is 17.4 Å². The third kappa shape index (κ3) is 4.23. The molecule has 140 valence electrons. The molecule has 3 aromatic rings. The van der Waals surface area contributed by atoms with Crippen LogP contribution in [0.2, 0.25) is 0 Å². The Labute approximate surface area is 161 Å². The number of ether oxygens (including phenoxy) is 1. The van der Waals surface area contributed by atoms with Gasteiger partial charge in [-0.25, -0.2) is 9.97 Å². The molecule has 1 aromatic carbocycles. The van der Waals surface area contributed by atoms with Crippen LogP contribution >= 0.6 is 11.3 Å². The van der Waals surface area contributed by atoms with Crippen molar-refractivity contribution in [1.29, 1.82) is 0 Å². The first-order chi connectivity index (χ1) is 13.1. The first kappa shape index (κ1) is 17.8. The smallest absolute Gasteiger partial charge is 0.317 e. The highest BCUT2D eigenvalue weighted by atomic mass is 32.1. The van der Waals surface area contributed by atoms with Gasteiger partial charge < -0.3 is 15.0 Å². The van der Waals surface area contributed by atoms with Crippen molar-refractivity contribution < 1.29 is 9.53 Å². The van der Waals surface area contributed by atoms with Crippen molar-refractivity contribution in [2.45, 2.75) is 25.9 Å². The average molecular weight is 383 g/mol. The molecule has 1 amide bonds. The second-order valence-electron chi connectivity index (χ2n) is 6.73. The zero-order valence-electron chi connectivity index (χ0n) is 15.3. The Morgan fingerprint density at radius 2 is 2.07 bits per heavy atom. The van der Waals surface area contributed by atoms with Crippen molar-refractivity contribution in [3.63, 3.8) is 0 Å². The van der Waals surface area contributed by atoms with E-state index in [9.17, 15) is 4.79 Å². The van der Waals surface area contributed by atoms with Gasteiger partial charge in [0.25, 0.3) is 0 Å². The first-order valence-corrected chi connectivity index (χ1v) is 9.75. The number of benzene rings is 1. The molecule has 7 nitrogen and oxygen atoms in total. The number of piperidine rings is 1. The Kier molecular flexibility index (Phi) is 5.00. The van der Waals surface area contributed by atoms with Gasteiger partial charge in [-0.2, -0.15) is 4.98 Å². The fourth-order valence-electron chi connectivity index (χ4n) is 3.10. The lowest BCUT2D eigenvalue weighted by molar-refractivity contribution is -0.114. The maximum atomic E-state index is 11.2. The summed E-state index contributed by atoms with van der Waals surface area (Å²) in [5, 5.41) is 3.33. The zero-order chi connectivity index (χ0) is 18.8. The predicted molar refractivity (Wildman–Crippen MR) is 106 cm³/mol. The SMILES string of the molecule is CC(=O)Nc1nc2ccc(-c3ccnc(OC4CCN(C)CC4)n3)cc2s1. The number of anilines is 1. The lowest BCUT2D eigenvalue weighted by Crippen LogP contribution is -2.35. The molecule has 4 rings (SSSR count). The number of hydrogen-bond acceptors (Lipinski definition) is 7. The van der Waals surface area contributed by atoms with E-state index in [1.807, 2.05) is 24.3 Å². The molecule has 2 aromatic heterocycles. The number of likely N-dealkylation sites (tertiary alicyclic amines) is 1. The third-order valence-corrected chi connectivity index (χ3v) is 5.47. The van der Waals surface area contributed by atoms with Gasteiger partial charge >= 0.3 is 6.01 Å². The number of aromatic nitrogens is 3. The minimum atomic E-state index is -0.124. The normalized spacial score (nSPS) is 15.8. The van der Waals surface area contributed by atoms with Crippen LogP contribution in [-0.4, -0.2) is 52.0 Å². The Morgan fingerprint density at radius 1 is 1.26 bits per heavy atom. The number of fused-ring (bicyclic) bond motifs is 1. The third-order valence-electron chi connectivity index (χ3n) is 4.54. The number of hydrogen-bond donors (Lipinski definition) is 1. The Morgan fingerprint density at radius 3 is 2.85 bits per heavy atom. The molecule has 1 saturated heterocycles. The number of nitrogens with zero attached hydrogens (tertiary/aromatic N) is 4. The molecule has 8 heteroatoms. The maximum absolute atomic E-state index is 11.2. The number of amides is 1. The molecule has 27 heavy (non-hydrogen) atoms.